The molecule has 5 heteroatoms. The number of unbranched alkanes of at least 4 members (excludes halogenated alkanes) is 2. The minimum atomic E-state index is -1.10. The van der Waals surface area contributed by atoms with Crippen LogP contribution in [0.1, 0.15) is 91.9 Å². The van der Waals surface area contributed by atoms with Gasteiger partial charge in [-0.15, -0.1) is 0 Å². The minimum absolute atomic E-state index is 0. The zero-order valence-electron chi connectivity index (χ0n) is 21.7. The van der Waals surface area contributed by atoms with Crippen LogP contribution >= 0.6 is 0 Å². The van der Waals surface area contributed by atoms with Crippen molar-refractivity contribution in [3.8, 4) is 0 Å². The van der Waals surface area contributed by atoms with E-state index in [2.05, 4.69) is 46.4 Å². The van der Waals surface area contributed by atoms with Gasteiger partial charge in [0.15, 0.2) is 0 Å². The zero-order chi connectivity index (χ0) is 21.9. The van der Waals surface area contributed by atoms with Gasteiger partial charge in [-0.3, -0.25) is 0 Å². The summed E-state index contributed by atoms with van der Waals surface area (Å²) in [5.74, 6) is 0. The SMILES string of the molecule is CCCCC1=[C]([Zr+2][C]2=C(CCCC)CC=C2[Si]2(CC)CCC2)C([Si]2(CC)CCC2)=CC1.[Cl-].[Cl-]. The van der Waals surface area contributed by atoms with E-state index in [0.29, 0.717) is 0 Å². The first kappa shape index (κ1) is 30.1. The maximum absolute atomic E-state index is 2.80. The van der Waals surface area contributed by atoms with E-state index in [-0.39, 0.29) is 24.8 Å². The third-order valence-corrected chi connectivity index (χ3v) is 26.0. The van der Waals surface area contributed by atoms with Crippen LogP contribution in [0.2, 0.25) is 36.3 Å². The molecule has 2 heterocycles. The van der Waals surface area contributed by atoms with Crippen LogP contribution in [0.15, 0.2) is 40.3 Å². The van der Waals surface area contributed by atoms with E-state index < -0.39 is 39.4 Å². The van der Waals surface area contributed by atoms with Crippen LogP contribution in [0.25, 0.3) is 0 Å². The van der Waals surface area contributed by atoms with Gasteiger partial charge in [-0.1, -0.05) is 0 Å². The molecule has 0 unspecified atom stereocenters. The van der Waals surface area contributed by atoms with E-state index in [0.717, 1.165) is 0 Å². The number of hydrogen-bond donors (Lipinski definition) is 0. The Morgan fingerprint density at radius 1 is 0.667 bits per heavy atom. The Labute approximate surface area is 231 Å². The first-order chi connectivity index (χ1) is 15.1. The molecule has 0 atom stereocenters. The zero-order valence-corrected chi connectivity index (χ0v) is 27.7. The molecule has 0 aromatic carbocycles. The summed E-state index contributed by atoms with van der Waals surface area (Å²) >= 11 is -0.688. The van der Waals surface area contributed by atoms with Crippen molar-refractivity contribution >= 4 is 16.1 Å². The van der Waals surface area contributed by atoms with Gasteiger partial charge >= 0.3 is 208 Å². The molecule has 2 fully saturated rings. The predicted molar refractivity (Wildman–Crippen MR) is 139 cm³/mol. The molecule has 2 aliphatic carbocycles. The molecule has 0 saturated carbocycles. The van der Waals surface area contributed by atoms with Crippen LogP contribution in [0.5, 0.6) is 0 Å². The third-order valence-electron chi connectivity index (χ3n) is 9.38. The van der Waals surface area contributed by atoms with Gasteiger partial charge in [0.25, 0.3) is 0 Å². The maximum atomic E-state index is 2.80. The van der Waals surface area contributed by atoms with Crippen LogP contribution in [0.4, 0.5) is 0 Å². The molecule has 0 amide bonds. The molecule has 0 spiro atoms. The van der Waals surface area contributed by atoms with Crippen molar-refractivity contribution in [1.29, 1.82) is 0 Å². The largest absolute Gasteiger partial charge is 1.00 e. The van der Waals surface area contributed by atoms with E-state index in [1.807, 2.05) is 21.5 Å². The van der Waals surface area contributed by atoms with Gasteiger partial charge in [0.2, 0.25) is 0 Å². The average molecular weight is 601 g/mol. The summed E-state index contributed by atoms with van der Waals surface area (Å²) in [6.07, 6.45) is 19.7. The van der Waals surface area contributed by atoms with Gasteiger partial charge in [0, 0.05) is 0 Å². The Bertz CT molecular complexity index is 724. The topological polar surface area (TPSA) is 0 Å². The van der Waals surface area contributed by atoms with Gasteiger partial charge in [0.05, 0.1) is 0 Å². The van der Waals surface area contributed by atoms with Crippen LogP contribution in [0, 0.1) is 0 Å². The van der Waals surface area contributed by atoms with Crippen molar-refractivity contribution in [2.45, 2.75) is 128 Å². The third kappa shape index (κ3) is 5.89. The number of allylic oxidation sites excluding steroid dienone is 8. The van der Waals surface area contributed by atoms with E-state index in [4.69, 9.17) is 0 Å². The maximum Gasteiger partial charge on any atom is -1.00 e. The predicted octanol–water partition coefficient (Wildman–Crippen LogP) is 3.45. The fourth-order valence-electron chi connectivity index (χ4n) is 6.71. The quantitative estimate of drug-likeness (QED) is 0.301. The van der Waals surface area contributed by atoms with Crippen molar-refractivity contribution in [1.82, 2.24) is 0 Å². The molecule has 33 heavy (non-hydrogen) atoms. The molecule has 184 valence electrons. The Morgan fingerprint density at radius 2 is 1.06 bits per heavy atom. The summed E-state index contributed by atoms with van der Waals surface area (Å²) in [6.45, 7) is 9.85. The molecule has 2 saturated heterocycles. The number of hydrogen-bond acceptors (Lipinski definition) is 0. The molecule has 0 nitrogen and oxygen atoms in total. The van der Waals surface area contributed by atoms with Gasteiger partial charge in [-0.2, -0.15) is 0 Å². The molecule has 0 aromatic heterocycles. The molecule has 4 rings (SSSR count). The Balaban J connectivity index is 0.00000193. The molecule has 0 bridgehead atoms. The molecule has 0 radical (unpaired) electrons. The molecular formula is C28H46Cl2Si2Zr. The summed E-state index contributed by atoms with van der Waals surface area (Å²) in [6, 6.07) is 9.46. The van der Waals surface area contributed by atoms with Crippen LogP contribution in [-0.2, 0) is 23.2 Å². The summed E-state index contributed by atoms with van der Waals surface area (Å²) in [5, 5.41) is 4.07. The first-order valence-electron chi connectivity index (χ1n) is 13.8. The van der Waals surface area contributed by atoms with Crippen molar-refractivity contribution in [2.75, 3.05) is 0 Å². The monoisotopic (exact) mass is 598 g/mol. The van der Waals surface area contributed by atoms with Crippen LogP contribution in [0.3, 0.4) is 0 Å². The van der Waals surface area contributed by atoms with E-state index in [1.165, 1.54) is 76.3 Å². The van der Waals surface area contributed by atoms with Gasteiger partial charge < -0.3 is 24.8 Å². The van der Waals surface area contributed by atoms with Gasteiger partial charge in [-0.05, 0) is 0 Å². The first-order valence-corrected chi connectivity index (χ1v) is 21.5. The van der Waals surface area contributed by atoms with Crippen molar-refractivity contribution < 1.29 is 48.0 Å². The van der Waals surface area contributed by atoms with E-state index >= 15 is 0 Å². The van der Waals surface area contributed by atoms with Crippen molar-refractivity contribution in [3.63, 3.8) is 0 Å². The van der Waals surface area contributed by atoms with Crippen LogP contribution < -0.4 is 24.8 Å². The molecule has 0 N–H and O–H groups in total. The summed E-state index contributed by atoms with van der Waals surface area (Å²) in [4.78, 5) is 0. The Morgan fingerprint density at radius 3 is 1.33 bits per heavy atom. The second kappa shape index (κ2) is 13.4. The fourth-order valence-corrected chi connectivity index (χ4v) is 23.3. The second-order valence-electron chi connectivity index (χ2n) is 10.9. The second-order valence-corrected chi connectivity index (χ2v) is 23.6. The van der Waals surface area contributed by atoms with Gasteiger partial charge in [0.1, 0.15) is 0 Å². The standard InChI is InChI=1S/2C14H23Si.2ClH.Zr/c2*1-3-5-7-13-8-9-14(12-13)15(4-2)10-6-11-15;;;/h2*9H,3-8,10-11H2,1-2H3;2*1H;/q;;;;+2/p-2. The Hall–Kier alpha value is 0.857. The fraction of sp³-hybridized carbons (Fsp3) is 0.714. The number of halogens is 2. The van der Waals surface area contributed by atoms with Gasteiger partial charge in [-0.25, -0.2) is 0 Å². The minimum Gasteiger partial charge on any atom is -1.00 e. The molecule has 2 aliphatic heterocycles. The van der Waals surface area contributed by atoms with E-state index in [9.17, 15) is 0 Å². The van der Waals surface area contributed by atoms with E-state index in [1.54, 1.807) is 24.2 Å². The molecule has 4 aliphatic rings. The normalized spacial score (nSPS) is 22.5. The van der Waals surface area contributed by atoms with Crippen molar-refractivity contribution in [3.05, 3.63) is 40.3 Å². The Kier molecular flexibility index (Phi) is 12.2. The van der Waals surface area contributed by atoms with Crippen LogP contribution in [-0.4, -0.2) is 16.1 Å². The molecule has 0 aromatic rings. The summed E-state index contributed by atoms with van der Waals surface area (Å²) < 4.78 is 4.14. The number of rotatable bonds is 12. The smallest absolute Gasteiger partial charge is 1.00 e. The molecular weight excluding hydrogens is 555 g/mol. The average Bonchev–Trinajstić information content (AvgIpc) is 3.30. The van der Waals surface area contributed by atoms with Crippen molar-refractivity contribution in [2.24, 2.45) is 0 Å². The summed E-state index contributed by atoms with van der Waals surface area (Å²) in [5.41, 5.74) is 3.87. The summed E-state index contributed by atoms with van der Waals surface area (Å²) in [7, 11) is -2.21.